The molecule has 8 rings (SSSR count). The Morgan fingerprint density at radius 3 is 2.39 bits per heavy atom. The normalized spacial score (nSPS) is 21.3. The molecule has 3 aromatic carbocycles. The van der Waals surface area contributed by atoms with E-state index in [2.05, 4.69) is 94.8 Å². The Labute approximate surface area is 327 Å². The molecular formula is C45H59N5O3S. The second-order valence-corrected chi connectivity index (χ2v) is 16.1. The van der Waals surface area contributed by atoms with E-state index in [9.17, 15) is 4.79 Å². The van der Waals surface area contributed by atoms with Gasteiger partial charge in [-0.05, 0) is 99.3 Å². The number of nitrogens with two attached hydrogens (primary N) is 1. The van der Waals surface area contributed by atoms with Gasteiger partial charge in [0.1, 0.15) is 5.75 Å². The predicted molar refractivity (Wildman–Crippen MR) is 224 cm³/mol. The number of fused-ring (bicyclic) bond motifs is 7. The first-order valence-corrected chi connectivity index (χ1v) is 20.3. The lowest BCUT2D eigenvalue weighted by atomic mass is 9.81. The minimum Gasteiger partial charge on any atom is -0.497 e. The molecule has 1 aromatic heterocycles. The van der Waals surface area contributed by atoms with Gasteiger partial charge in [0.05, 0.1) is 24.3 Å². The number of likely N-dealkylation sites (N-methyl/N-ethyl adjacent to an activating group) is 1. The second kappa shape index (κ2) is 17.2. The number of nitrogens with zero attached hydrogens (tertiary/aromatic N) is 4. The molecule has 288 valence electrons. The number of ether oxygens (including phenoxy) is 1. The van der Waals surface area contributed by atoms with Crippen molar-refractivity contribution in [1.29, 1.82) is 0 Å². The number of carbonyl (C=O) groups excluding carboxylic acids is 2. The van der Waals surface area contributed by atoms with Crippen LogP contribution in [0.3, 0.4) is 0 Å². The smallest absolute Gasteiger partial charge is 0.248 e. The van der Waals surface area contributed by atoms with Crippen molar-refractivity contribution in [3.63, 3.8) is 0 Å². The van der Waals surface area contributed by atoms with E-state index >= 15 is 4.79 Å². The van der Waals surface area contributed by atoms with E-state index in [1.54, 1.807) is 11.4 Å². The van der Waals surface area contributed by atoms with Crippen molar-refractivity contribution >= 4 is 35.5 Å². The molecule has 54 heavy (non-hydrogen) atoms. The highest BCUT2D eigenvalue weighted by molar-refractivity contribution is 7.77. The first-order valence-electron chi connectivity index (χ1n) is 19.9. The Bertz CT molecular complexity index is 1960. The van der Waals surface area contributed by atoms with Crippen molar-refractivity contribution in [2.75, 3.05) is 34.3 Å². The van der Waals surface area contributed by atoms with Crippen LogP contribution in [-0.4, -0.2) is 70.8 Å². The summed E-state index contributed by atoms with van der Waals surface area (Å²) in [5.41, 5.74) is 13.0. The lowest BCUT2D eigenvalue weighted by Crippen LogP contribution is -2.45. The van der Waals surface area contributed by atoms with Gasteiger partial charge in [-0.2, -0.15) is 0 Å². The molecule has 2 fully saturated rings. The van der Waals surface area contributed by atoms with E-state index in [1.807, 2.05) is 46.3 Å². The molecule has 2 aliphatic carbocycles. The average Bonchev–Trinajstić information content (AvgIpc) is 3.63. The average molecular weight is 750 g/mol. The van der Waals surface area contributed by atoms with E-state index in [0.717, 1.165) is 56.6 Å². The summed E-state index contributed by atoms with van der Waals surface area (Å²) in [7, 11) is 5.44. The second-order valence-electron chi connectivity index (χ2n) is 15.3. The van der Waals surface area contributed by atoms with Gasteiger partial charge in [-0.25, -0.2) is 0 Å². The SMILES string of the molecule is CC.CCN(Cc1ccccc1)C[C@@H]1CC=CN1C(=O)C12CC1c1cc(OC)ccc1-c1c(C3CCCCC3)c3ccc(C(N)=O)cc3n1C2.CN(C)S. The number of rotatable bonds is 9. The maximum absolute atomic E-state index is 15.1. The van der Waals surface area contributed by atoms with E-state index < -0.39 is 11.3 Å². The van der Waals surface area contributed by atoms with Gasteiger partial charge < -0.3 is 19.9 Å². The molecule has 3 atom stereocenters. The van der Waals surface area contributed by atoms with Crippen LogP contribution in [0, 0.1) is 5.41 Å². The van der Waals surface area contributed by atoms with Gasteiger partial charge in [-0.3, -0.25) is 18.8 Å². The van der Waals surface area contributed by atoms with Crippen LogP contribution in [0.25, 0.3) is 22.2 Å². The number of hydrogen-bond donors (Lipinski definition) is 2. The van der Waals surface area contributed by atoms with Crippen LogP contribution in [0.5, 0.6) is 5.75 Å². The minimum absolute atomic E-state index is 0.0878. The Morgan fingerprint density at radius 1 is 1.00 bits per heavy atom. The molecule has 8 nitrogen and oxygen atoms in total. The molecule has 4 aliphatic rings. The van der Waals surface area contributed by atoms with E-state index in [1.165, 1.54) is 52.6 Å². The number of primary amides is 1. The maximum Gasteiger partial charge on any atom is 0.248 e. The van der Waals surface area contributed by atoms with Crippen molar-refractivity contribution in [2.24, 2.45) is 11.1 Å². The Kier molecular flexibility index (Phi) is 12.6. The minimum atomic E-state index is -0.589. The van der Waals surface area contributed by atoms with Crippen molar-refractivity contribution in [3.8, 4) is 17.0 Å². The van der Waals surface area contributed by atoms with Crippen molar-refractivity contribution in [3.05, 3.63) is 101 Å². The third kappa shape index (κ3) is 7.86. The Hall–Kier alpha value is -4.05. The van der Waals surface area contributed by atoms with Crippen LogP contribution in [0.4, 0.5) is 0 Å². The van der Waals surface area contributed by atoms with Crippen LogP contribution in [-0.2, 0) is 17.9 Å². The van der Waals surface area contributed by atoms with Crippen LogP contribution >= 0.6 is 12.8 Å². The van der Waals surface area contributed by atoms with Crippen molar-refractivity contribution < 1.29 is 14.3 Å². The molecule has 2 saturated carbocycles. The van der Waals surface area contributed by atoms with Gasteiger partial charge in [0, 0.05) is 53.8 Å². The summed E-state index contributed by atoms with van der Waals surface area (Å²) in [6.45, 7) is 9.38. The van der Waals surface area contributed by atoms with Gasteiger partial charge in [-0.15, -0.1) is 0 Å². The molecule has 2 amide bonds. The molecule has 0 saturated heterocycles. The topological polar surface area (TPSA) is 84.0 Å². The highest BCUT2D eigenvalue weighted by Crippen LogP contribution is 2.66. The summed E-state index contributed by atoms with van der Waals surface area (Å²) in [5.74, 6) is 1.12. The Morgan fingerprint density at radius 2 is 1.72 bits per heavy atom. The number of carbonyl (C=O) groups is 2. The van der Waals surface area contributed by atoms with Crippen LogP contribution in [0.1, 0.15) is 105 Å². The van der Waals surface area contributed by atoms with Gasteiger partial charge in [0.25, 0.3) is 0 Å². The highest BCUT2D eigenvalue weighted by Gasteiger charge is 2.64. The van der Waals surface area contributed by atoms with Gasteiger partial charge in [0.2, 0.25) is 11.8 Å². The lowest BCUT2D eigenvalue weighted by molar-refractivity contribution is -0.136. The summed E-state index contributed by atoms with van der Waals surface area (Å²) in [4.78, 5) is 32.1. The largest absolute Gasteiger partial charge is 0.497 e. The monoisotopic (exact) mass is 749 g/mol. The number of thiol groups is 1. The highest BCUT2D eigenvalue weighted by atomic mass is 32.1. The molecule has 0 spiro atoms. The molecule has 2 N–H and O–H groups in total. The predicted octanol–water partition coefficient (Wildman–Crippen LogP) is 9.01. The summed E-state index contributed by atoms with van der Waals surface area (Å²) >= 11 is 3.80. The van der Waals surface area contributed by atoms with Gasteiger partial charge in [0.15, 0.2) is 0 Å². The first kappa shape index (κ1) is 39.6. The number of aromatic nitrogens is 1. The Balaban J connectivity index is 0.000000779. The summed E-state index contributed by atoms with van der Waals surface area (Å²) in [6, 6.07) is 23.1. The number of benzene rings is 3. The number of amides is 2. The molecule has 2 aliphatic heterocycles. The summed E-state index contributed by atoms with van der Waals surface area (Å²) in [5, 5.41) is 1.18. The fourth-order valence-corrected chi connectivity index (χ4v) is 9.10. The van der Waals surface area contributed by atoms with Crippen LogP contribution in [0.2, 0.25) is 0 Å². The summed E-state index contributed by atoms with van der Waals surface area (Å²) in [6.07, 6.45) is 11.9. The van der Waals surface area contributed by atoms with E-state index in [4.69, 9.17) is 10.5 Å². The standard InChI is InChI=1S/C41H46N4O3.C2H7NS.C2H6/c1-3-43(24-27-11-6-4-7-12-27)25-30-15-10-20-44(30)40(47)41-23-35(41)34-22-31(48-2)17-19-32(34)38-37(28-13-8-5-9-14-28)33-18-16-29(39(42)46)21-36(33)45(38)26-41;1-3(2)4;1-2/h4,6-7,10-12,16-22,28,30,35H,3,5,8-9,13-15,23-26H2,1-2H3,(H2,42,46);4H,1-2H3;1-2H3/t30-,35?,41?;;/m0../s1. The lowest BCUT2D eigenvalue weighted by Gasteiger charge is -2.32. The summed E-state index contributed by atoms with van der Waals surface area (Å²) < 4.78 is 9.86. The van der Waals surface area contributed by atoms with E-state index in [-0.39, 0.29) is 17.9 Å². The molecule has 0 bridgehead atoms. The molecular weight excluding hydrogens is 691 g/mol. The molecule has 3 heterocycles. The van der Waals surface area contributed by atoms with Gasteiger partial charge >= 0.3 is 0 Å². The third-order valence-corrected chi connectivity index (χ3v) is 11.7. The fraction of sp³-hybridized carbons (Fsp3) is 0.467. The first-order chi connectivity index (χ1) is 26.1. The van der Waals surface area contributed by atoms with Crippen molar-refractivity contribution in [1.82, 2.24) is 18.7 Å². The molecule has 9 heteroatoms. The van der Waals surface area contributed by atoms with Crippen LogP contribution < -0.4 is 10.5 Å². The molecule has 2 unspecified atom stereocenters. The zero-order chi connectivity index (χ0) is 38.6. The van der Waals surface area contributed by atoms with E-state index in [0.29, 0.717) is 18.0 Å². The van der Waals surface area contributed by atoms with Crippen LogP contribution in [0.15, 0.2) is 79.0 Å². The van der Waals surface area contributed by atoms with Crippen molar-refractivity contribution in [2.45, 2.75) is 96.7 Å². The molecule has 4 aromatic rings. The fourth-order valence-electron chi connectivity index (χ4n) is 9.10. The van der Waals surface area contributed by atoms with Gasteiger partial charge in [-0.1, -0.05) is 95.3 Å². The number of hydrogen-bond acceptors (Lipinski definition) is 6. The third-order valence-electron chi connectivity index (χ3n) is 11.7. The zero-order valence-corrected chi connectivity index (χ0v) is 33.9. The zero-order valence-electron chi connectivity index (χ0n) is 33.1. The maximum atomic E-state index is 15.1. The quantitative estimate of drug-likeness (QED) is 0.167. The number of methoxy groups -OCH3 is 1. The molecule has 0 radical (unpaired) electrons.